The summed E-state index contributed by atoms with van der Waals surface area (Å²) in [5.41, 5.74) is 1.28. The molecule has 2 rings (SSSR count). The van der Waals surface area contributed by atoms with Crippen molar-refractivity contribution in [3.05, 3.63) is 23.2 Å². The van der Waals surface area contributed by atoms with E-state index in [1.807, 2.05) is 0 Å². The molecule has 1 aromatic rings. The van der Waals surface area contributed by atoms with Gasteiger partial charge in [-0.2, -0.15) is 0 Å². The van der Waals surface area contributed by atoms with E-state index in [9.17, 15) is 8.42 Å². The summed E-state index contributed by atoms with van der Waals surface area (Å²) < 4.78 is 24.5. The van der Waals surface area contributed by atoms with Gasteiger partial charge in [-0.1, -0.05) is 11.6 Å². The zero-order valence-electron chi connectivity index (χ0n) is 9.33. The van der Waals surface area contributed by atoms with Crippen LogP contribution in [0.2, 0.25) is 5.02 Å². The summed E-state index contributed by atoms with van der Waals surface area (Å²) in [5, 5.41) is 6.82. The van der Waals surface area contributed by atoms with Gasteiger partial charge in [0.25, 0.3) is 0 Å². The third-order valence-corrected chi connectivity index (χ3v) is 3.32. The van der Waals surface area contributed by atoms with Gasteiger partial charge in [0.05, 0.1) is 23.0 Å². The van der Waals surface area contributed by atoms with Crippen molar-refractivity contribution in [2.24, 2.45) is 0 Å². The normalized spacial score (nSPS) is 16.4. The van der Waals surface area contributed by atoms with Crippen LogP contribution in [0.15, 0.2) is 18.2 Å². The number of halogens is 1. The molecule has 94 valence electrons. The average molecular weight is 276 g/mol. The molecule has 0 unspecified atom stereocenters. The highest BCUT2D eigenvalue weighted by Gasteiger charge is 2.16. The summed E-state index contributed by atoms with van der Waals surface area (Å²) in [4.78, 5) is 0. The number of sulfonamides is 1. The fourth-order valence-corrected chi connectivity index (χ4v) is 2.38. The molecular weight excluding hydrogens is 262 g/mol. The SMILES string of the molecule is CS(=O)(=O)Nc1ccc(NC2CNC2)cc1Cl. The van der Waals surface area contributed by atoms with Crippen molar-refractivity contribution in [2.75, 3.05) is 29.4 Å². The van der Waals surface area contributed by atoms with Crippen molar-refractivity contribution in [1.29, 1.82) is 0 Å². The molecule has 0 atom stereocenters. The van der Waals surface area contributed by atoms with Gasteiger partial charge in [0.2, 0.25) is 10.0 Å². The van der Waals surface area contributed by atoms with Crippen molar-refractivity contribution >= 4 is 33.0 Å². The Morgan fingerprint density at radius 2 is 2.12 bits per heavy atom. The van der Waals surface area contributed by atoms with E-state index in [1.54, 1.807) is 18.2 Å². The Hall–Kier alpha value is -0.980. The van der Waals surface area contributed by atoms with Crippen molar-refractivity contribution in [3.63, 3.8) is 0 Å². The van der Waals surface area contributed by atoms with E-state index < -0.39 is 10.0 Å². The van der Waals surface area contributed by atoms with Crippen LogP contribution in [-0.2, 0) is 10.0 Å². The number of hydrogen-bond donors (Lipinski definition) is 3. The Bertz CT molecular complexity index is 514. The molecule has 1 fully saturated rings. The smallest absolute Gasteiger partial charge is 0.229 e. The molecule has 1 heterocycles. The lowest BCUT2D eigenvalue weighted by molar-refractivity contribution is 0.472. The fraction of sp³-hybridized carbons (Fsp3) is 0.400. The van der Waals surface area contributed by atoms with Crippen molar-refractivity contribution in [2.45, 2.75) is 6.04 Å². The maximum atomic E-state index is 11.1. The summed E-state index contributed by atoms with van der Waals surface area (Å²) in [7, 11) is -3.29. The Balaban J connectivity index is 2.10. The average Bonchev–Trinajstić information content (AvgIpc) is 2.14. The molecule has 1 saturated heterocycles. The second kappa shape index (κ2) is 4.72. The van der Waals surface area contributed by atoms with E-state index in [2.05, 4.69) is 15.4 Å². The van der Waals surface area contributed by atoms with E-state index >= 15 is 0 Å². The number of benzene rings is 1. The monoisotopic (exact) mass is 275 g/mol. The van der Waals surface area contributed by atoms with Crippen molar-refractivity contribution < 1.29 is 8.42 Å². The third kappa shape index (κ3) is 3.49. The van der Waals surface area contributed by atoms with Gasteiger partial charge in [0.15, 0.2) is 0 Å². The van der Waals surface area contributed by atoms with Crippen LogP contribution in [0, 0.1) is 0 Å². The highest BCUT2D eigenvalue weighted by Crippen LogP contribution is 2.26. The molecule has 7 heteroatoms. The molecule has 0 saturated carbocycles. The fourth-order valence-electron chi connectivity index (χ4n) is 1.51. The lowest BCUT2D eigenvalue weighted by Gasteiger charge is -2.29. The number of nitrogens with one attached hydrogen (secondary N) is 3. The molecule has 1 aliphatic heterocycles. The Kier molecular flexibility index (Phi) is 3.46. The summed E-state index contributed by atoms with van der Waals surface area (Å²) in [6.07, 6.45) is 1.09. The first-order chi connectivity index (χ1) is 7.94. The van der Waals surface area contributed by atoms with Crippen LogP contribution in [0.1, 0.15) is 0 Å². The summed E-state index contributed by atoms with van der Waals surface area (Å²) in [6.45, 7) is 1.86. The molecular formula is C10H14ClN3O2S. The van der Waals surface area contributed by atoms with E-state index in [0.29, 0.717) is 16.8 Å². The van der Waals surface area contributed by atoms with E-state index in [-0.39, 0.29) is 0 Å². The standard InChI is InChI=1S/C10H14ClN3O2S/c1-17(15,16)14-10-3-2-7(4-9(10)11)13-8-5-12-6-8/h2-4,8,12-14H,5-6H2,1H3. The second-order valence-electron chi connectivity index (χ2n) is 4.07. The number of hydrogen-bond acceptors (Lipinski definition) is 4. The molecule has 0 bridgehead atoms. The van der Waals surface area contributed by atoms with Gasteiger partial charge in [-0.3, -0.25) is 4.72 Å². The molecule has 3 N–H and O–H groups in total. The highest BCUT2D eigenvalue weighted by atomic mass is 35.5. The Morgan fingerprint density at radius 3 is 2.59 bits per heavy atom. The van der Waals surface area contributed by atoms with Crippen LogP contribution in [0.25, 0.3) is 0 Å². The molecule has 0 aliphatic carbocycles. The van der Waals surface area contributed by atoms with Crippen LogP contribution in [-0.4, -0.2) is 33.8 Å². The maximum absolute atomic E-state index is 11.1. The molecule has 1 aromatic carbocycles. The molecule has 5 nitrogen and oxygen atoms in total. The predicted molar refractivity (Wildman–Crippen MR) is 70.2 cm³/mol. The Labute approximate surface area is 106 Å². The van der Waals surface area contributed by atoms with Gasteiger partial charge in [-0.25, -0.2) is 8.42 Å². The van der Waals surface area contributed by atoms with Gasteiger partial charge in [-0.15, -0.1) is 0 Å². The van der Waals surface area contributed by atoms with Crippen LogP contribution in [0.5, 0.6) is 0 Å². The van der Waals surface area contributed by atoms with Crippen LogP contribution >= 0.6 is 11.6 Å². The van der Waals surface area contributed by atoms with Gasteiger partial charge in [0, 0.05) is 18.8 Å². The van der Waals surface area contributed by atoms with E-state index in [4.69, 9.17) is 11.6 Å². The second-order valence-corrected chi connectivity index (χ2v) is 6.22. The highest BCUT2D eigenvalue weighted by molar-refractivity contribution is 7.92. The number of rotatable bonds is 4. The minimum absolute atomic E-state index is 0.382. The zero-order chi connectivity index (χ0) is 12.5. The van der Waals surface area contributed by atoms with E-state index in [0.717, 1.165) is 25.0 Å². The number of anilines is 2. The first-order valence-electron chi connectivity index (χ1n) is 5.19. The first kappa shape index (κ1) is 12.5. The first-order valence-corrected chi connectivity index (χ1v) is 7.45. The molecule has 1 aliphatic rings. The minimum atomic E-state index is -3.29. The van der Waals surface area contributed by atoms with Gasteiger partial charge in [-0.05, 0) is 18.2 Å². The molecule has 0 amide bonds. The minimum Gasteiger partial charge on any atom is -0.380 e. The Morgan fingerprint density at radius 1 is 1.41 bits per heavy atom. The summed E-state index contributed by atoms with van der Waals surface area (Å²) in [6, 6.07) is 5.59. The van der Waals surface area contributed by atoms with Crippen molar-refractivity contribution in [3.8, 4) is 0 Å². The molecule has 0 radical (unpaired) electrons. The van der Waals surface area contributed by atoms with Gasteiger partial charge >= 0.3 is 0 Å². The molecule has 0 spiro atoms. The third-order valence-electron chi connectivity index (χ3n) is 2.42. The lowest BCUT2D eigenvalue weighted by atomic mass is 10.1. The maximum Gasteiger partial charge on any atom is 0.229 e. The quantitative estimate of drug-likeness (QED) is 0.769. The largest absolute Gasteiger partial charge is 0.380 e. The topological polar surface area (TPSA) is 70.2 Å². The van der Waals surface area contributed by atoms with Crippen LogP contribution < -0.4 is 15.4 Å². The molecule has 17 heavy (non-hydrogen) atoms. The van der Waals surface area contributed by atoms with Crippen LogP contribution in [0.4, 0.5) is 11.4 Å². The summed E-state index contributed by atoms with van der Waals surface area (Å²) >= 11 is 6.00. The summed E-state index contributed by atoms with van der Waals surface area (Å²) in [5.74, 6) is 0. The van der Waals surface area contributed by atoms with Gasteiger partial charge in [0.1, 0.15) is 0 Å². The lowest BCUT2D eigenvalue weighted by Crippen LogP contribution is -2.51. The van der Waals surface area contributed by atoms with Crippen molar-refractivity contribution in [1.82, 2.24) is 5.32 Å². The van der Waals surface area contributed by atoms with E-state index in [1.165, 1.54) is 0 Å². The van der Waals surface area contributed by atoms with Crippen LogP contribution in [0.3, 0.4) is 0 Å². The zero-order valence-corrected chi connectivity index (χ0v) is 10.9. The van der Waals surface area contributed by atoms with Gasteiger partial charge < -0.3 is 10.6 Å². The predicted octanol–water partition coefficient (Wildman–Crippen LogP) is 1.10. The molecule has 0 aromatic heterocycles.